The minimum Gasteiger partial charge on any atom is -0.286 e. The molecule has 0 aliphatic heterocycles. The van der Waals surface area contributed by atoms with E-state index in [9.17, 15) is 8.42 Å². The second kappa shape index (κ2) is 5.31. The summed E-state index contributed by atoms with van der Waals surface area (Å²) in [7, 11) is -3.72. The zero-order valence-electron chi connectivity index (χ0n) is 6.07. The SMILES string of the molecule is CC(C)CCS(=O)(=O)O.I. The first kappa shape index (κ1) is 13.2. The fourth-order valence-electron chi connectivity index (χ4n) is 0.385. The lowest BCUT2D eigenvalue weighted by molar-refractivity contribution is 0.474. The molecule has 0 aliphatic rings. The summed E-state index contributed by atoms with van der Waals surface area (Å²) < 4.78 is 28.4. The predicted molar refractivity (Wildman–Crippen MR) is 51.3 cm³/mol. The van der Waals surface area contributed by atoms with E-state index in [1.165, 1.54) is 0 Å². The fourth-order valence-corrected chi connectivity index (χ4v) is 1.15. The van der Waals surface area contributed by atoms with Crippen molar-refractivity contribution in [3.8, 4) is 0 Å². The van der Waals surface area contributed by atoms with Crippen LogP contribution in [0.4, 0.5) is 0 Å². The highest BCUT2D eigenvalue weighted by molar-refractivity contribution is 14.0. The Kier molecular flexibility index (Phi) is 7.04. The summed E-state index contributed by atoms with van der Waals surface area (Å²) in [5.74, 6) is 0.205. The van der Waals surface area contributed by atoms with Gasteiger partial charge in [-0.2, -0.15) is 8.42 Å². The van der Waals surface area contributed by atoms with Crippen molar-refractivity contribution in [1.29, 1.82) is 0 Å². The van der Waals surface area contributed by atoms with E-state index < -0.39 is 10.1 Å². The van der Waals surface area contributed by atoms with Gasteiger partial charge in [-0.3, -0.25) is 4.55 Å². The van der Waals surface area contributed by atoms with Crippen molar-refractivity contribution in [2.45, 2.75) is 20.3 Å². The van der Waals surface area contributed by atoms with Crippen LogP contribution in [0, 0.1) is 5.92 Å². The van der Waals surface area contributed by atoms with Gasteiger partial charge in [-0.1, -0.05) is 13.8 Å². The first-order chi connectivity index (χ1) is 3.92. The summed E-state index contributed by atoms with van der Waals surface area (Å²) in [5, 5.41) is 0. The van der Waals surface area contributed by atoms with Crippen LogP contribution in [0.3, 0.4) is 0 Å². The molecule has 0 saturated carbocycles. The Balaban J connectivity index is 0. The standard InChI is InChI=1S/C5H12O3S.HI/c1-5(2)3-4-9(6,7)8;/h5H,3-4H2,1-2H3,(H,6,7,8);1H. The summed E-state index contributed by atoms with van der Waals surface area (Å²) in [6.07, 6.45) is 0.527. The Morgan fingerprint density at radius 3 is 1.90 bits per heavy atom. The van der Waals surface area contributed by atoms with Gasteiger partial charge in [0.25, 0.3) is 10.1 Å². The van der Waals surface area contributed by atoms with Crippen molar-refractivity contribution in [3.05, 3.63) is 0 Å². The van der Waals surface area contributed by atoms with Gasteiger partial charge < -0.3 is 0 Å². The Bertz CT molecular complexity index is 162. The fraction of sp³-hybridized carbons (Fsp3) is 1.00. The number of hydrogen-bond acceptors (Lipinski definition) is 2. The molecule has 0 aromatic rings. The van der Waals surface area contributed by atoms with Crippen molar-refractivity contribution < 1.29 is 13.0 Å². The molecule has 0 aliphatic carbocycles. The molecule has 0 rings (SSSR count). The summed E-state index contributed by atoms with van der Waals surface area (Å²) >= 11 is 0. The summed E-state index contributed by atoms with van der Waals surface area (Å²) in [5.41, 5.74) is 0. The second-order valence-electron chi connectivity index (χ2n) is 2.47. The zero-order valence-corrected chi connectivity index (χ0v) is 9.22. The van der Waals surface area contributed by atoms with Crippen molar-refractivity contribution in [3.63, 3.8) is 0 Å². The third-order valence-electron chi connectivity index (χ3n) is 0.953. The lowest BCUT2D eigenvalue weighted by Crippen LogP contribution is -2.06. The molecular weight excluding hydrogens is 267 g/mol. The highest BCUT2D eigenvalue weighted by Gasteiger charge is 2.04. The van der Waals surface area contributed by atoms with Gasteiger partial charge in [0.1, 0.15) is 0 Å². The van der Waals surface area contributed by atoms with Crippen molar-refractivity contribution in [1.82, 2.24) is 0 Å². The predicted octanol–water partition coefficient (Wildman–Crippen LogP) is 1.54. The van der Waals surface area contributed by atoms with Crippen LogP contribution in [0.2, 0.25) is 0 Å². The van der Waals surface area contributed by atoms with Crippen molar-refractivity contribution >= 4 is 34.1 Å². The summed E-state index contributed by atoms with van der Waals surface area (Å²) in [6, 6.07) is 0. The van der Waals surface area contributed by atoms with Gasteiger partial charge >= 0.3 is 0 Å². The van der Waals surface area contributed by atoms with Crippen LogP contribution in [0.1, 0.15) is 20.3 Å². The van der Waals surface area contributed by atoms with E-state index >= 15 is 0 Å². The third-order valence-corrected chi connectivity index (χ3v) is 1.70. The average molecular weight is 280 g/mol. The van der Waals surface area contributed by atoms with Gasteiger partial charge in [-0.25, -0.2) is 0 Å². The van der Waals surface area contributed by atoms with E-state index in [0.717, 1.165) is 0 Å². The molecule has 0 radical (unpaired) electrons. The lowest BCUT2D eigenvalue weighted by atomic mass is 10.2. The molecule has 3 nitrogen and oxygen atoms in total. The minimum atomic E-state index is -3.72. The van der Waals surface area contributed by atoms with Crippen LogP contribution in [-0.2, 0) is 10.1 Å². The maximum atomic E-state index is 10.1. The van der Waals surface area contributed by atoms with E-state index in [1.54, 1.807) is 0 Å². The van der Waals surface area contributed by atoms with Crippen molar-refractivity contribution in [2.24, 2.45) is 5.92 Å². The quantitative estimate of drug-likeness (QED) is 0.630. The normalized spacial score (nSPS) is 11.2. The Labute approximate surface area is 79.0 Å². The van der Waals surface area contributed by atoms with Crippen molar-refractivity contribution in [2.75, 3.05) is 5.75 Å². The molecule has 5 heteroatoms. The molecule has 0 spiro atoms. The Morgan fingerprint density at radius 2 is 1.80 bits per heavy atom. The molecule has 0 atom stereocenters. The van der Waals surface area contributed by atoms with E-state index in [2.05, 4.69) is 0 Å². The molecular formula is C5H13IO3S. The maximum absolute atomic E-state index is 10.1. The van der Waals surface area contributed by atoms with Crippen LogP contribution < -0.4 is 0 Å². The van der Waals surface area contributed by atoms with Gasteiger partial charge in [-0.05, 0) is 12.3 Å². The maximum Gasteiger partial charge on any atom is 0.264 e. The molecule has 0 heterocycles. The smallest absolute Gasteiger partial charge is 0.264 e. The number of rotatable bonds is 3. The van der Waals surface area contributed by atoms with Crippen LogP contribution >= 0.6 is 24.0 Å². The van der Waals surface area contributed by atoms with Crippen LogP contribution in [0.15, 0.2) is 0 Å². The highest BCUT2D eigenvalue weighted by atomic mass is 127. The Morgan fingerprint density at radius 1 is 1.40 bits per heavy atom. The molecule has 64 valence electrons. The van der Waals surface area contributed by atoms with Gasteiger partial charge in [-0.15, -0.1) is 24.0 Å². The molecule has 0 saturated heterocycles. The van der Waals surface area contributed by atoms with Crippen LogP contribution in [-0.4, -0.2) is 18.7 Å². The Hall–Kier alpha value is 0.640. The largest absolute Gasteiger partial charge is 0.286 e. The number of hydrogen-bond donors (Lipinski definition) is 1. The van der Waals surface area contributed by atoms with E-state index in [1.807, 2.05) is 13.8 Å². The van der Waals surface area contributed by atoms with Gasteiger partial charge in [0, 0.05) is 0 Å². The van der Waals surface area contributed by atoms with Crippen LogP contribution in [0.25, 0.3) is 0 Å². The topological polar surface area (TPSA) is 54.4 Å². The third kappa shape index (κ3) is 11.4. The van der Waals surface area contributed by atoms with E-state index in [4.69, 9.17) is 4.55 Å². The average Bonchev–Trinajstić information content (AvgIpc) is 1.59. The molecule has 0 aromatic carbocycles. The van der Waals surface area contributed by atoms with Crippen LogP contribution in [0.5, 0.6) is 0 Å². The molecule has 10 heavy (non-hydrogen) atoms. The lowest BCUT2D eigenvalue weighted by Gasteiger charge is -1.99. The second-order valence-corrected chi connectivity index (χ2v) is 4.04. The molecule has 0 bridgehead atoms. The summed E-state index contributed by atoms with van der Waals surface area (Å²) in [6.45, 7) is 3.82. The molecule has 1 N–H and O–H groups in total. The van der Waals surface area contributed by atoms with E-state index in [0.29, 0.717) is 12.3 Å². The number of halogens is 1. The summed E-state index contributed by atoms with van der Waals surface area (Å²) in [4.78, 5) is 0. The first-order valence-corrected chi connectivity index (χ1v) is 4.48. The van der Waals surface area contributed by atoms with Gasteiger partial charge in [0.05, 0.1) is 5.75 Å². The van der Waals surface area contributed by atoms with Gasteiger partial charge in [0.15, 0.2) is 0 Å². The monoisotopic (exact) mass is 280 g/mol. The zero-order chi connectivity index (χ0) is 7.49. The molecule has 0 aromatic heterocycles. The highest BCUT2D eigenvalue weighted by Crippen LogP contribution is 2.00. The molecule has 0 amide bonds. The molecule has 0 fully saturated rings. The first-order valence-electron chi connectivity index (χ1n) is 2.87. The van der Waals surface area contributed by atoms with Gasteiger partial charge in [0.2, 0.25) is 0 Å². The molecule has 0 unspecified atom stereocenters. The minimum absolute atomic E-state index is 0. The van der Waals surface area contributed by atoms with E-state index in [-0.39, 0.29) is 29.7 Å².